The van der Waals surface area contributed by atoms with Gasteiger partial charge in [-0.25, -0.2) is 14.8 Å². The summed E-state index contributed by atoms with van der Waals surface area (Å²) in [4.78, 5) is 46.5. The Morgan fingerprint density at radius 2 is 2.03 bits per heavy atom. The first kappa shape index (κ1) is 24.4. The van der Waals surface area contributed by atoms with E-state index in [2.05, 4.69) is 32.3 Å². The predicted molar refractivity (Wildman–Crippen MR) is 132 cm³/mol. The van der Waals surface area contributed by atoms with Crippen LogP contribution in [0.5, 0.6) is 0 Å². The molecule has 2 amide bonds. The van der Waals surface area contributed by atoms with Crippen LogP contribution in [0.1, 0.15) is 28.9 Å². The van der Waals surface area contributed by atoms with Gasteiger partial charge in [-0.05, 0) is 24.5 Å². The molecular weight excluding hydrogens is 464 g/mol. The van der Waals surface area contributed by atoms with Crippen molar-refractivity contribution in [2.75, 3.05) is 23.7 Å². The number of likely N-dealkylation sites (tertiary alicyclic amines) is 1. The molecule has 0 unspecified atom stereocenters. The molecule has 4 rings (SSSR count). The lowest BCUT2D eigenvalue weighted by molar-refractivity contribution is -0.127. The summed E-state index contributed by atoms with van der Waals surface area (Å²) in [5.41, 5.74) is 6.61. The fourth-order valence-electron chi connectivity index (χ4n) is 3.77. The van der Waals surface area contributed by atoms with E-state index in [1.54, 1.807) is 4.90 Å². The lowest BCUT2D eigenvalue weighted by Crippen LogP contribution is -2.44. The number of carbonyl (C=O) groups excluding carboxylic acids is 3. The van der Waals surface area contributed by atoms with Gasteiger partial charge in [-0.15, -0.1) is 0 Å². The van der Waals surface area contributed by atoms with Crippen molar-refractivity contribution in [1.82, 2.24) is 24.6 Å². The largest absolute Gasteiger partial charge is 0.443 e. The van der Waals surface area contributed by atoms with E-state index in [4.69, 9.17) is 10.5 Å². The van der Waals surface area contributed by atoms with Crippen LogP contribution in [-0.2, 0) is 16.1 Å². The van der Waals surface area contributed by atoms with E-state index in [-0.39, 0.29) is 30.1 Å². The Morgan fingerprint density at radius 3 is 2.78 bits per heavy atom. The first-order chi connectivity index (χ1) is 17.4. The van der Waals surface area contributed by atoms with E-state index in [9.17, 15) is 14.4 Å². The molecule has 1 atom stereocenters. The fraction of sp³-hybridized carbons (Fsp3) is 0.250. The van der Waals surface area contributed by atoms with Gasteiger partial charge in [0.1, 0.15) is 12.4 Å². The number of nitrogens with one attached hydrogen (secondary N) is 2. The van der Waals surface area contributed by atoms with Crippen LogP contribution >= 0.6 is 0 Å². The zero-order valence-corrected chi connectivity index (χ0v) is 19.5. The lowest BCUT2D eigenvalue weighted by atomic mass is 10.1. The third-order valence-corrected chi connectivity index (χ3v) is 5.50. The number of carbonyl (C=O) groups is 3. The Bertz CT molecular complexity index is 1260. The van der Waals surface area contributed by atoms with Crippen LogP contribution in [0.25, 0.3) is 0 Å². The predicted octanol–water partition coefficient (Wildman–Crippen LogP) is 2.29. The van der Waals surface area contributed by atoms with Crippen molar-refractivity contribution in [3.05, 3.63) is 72.8 Å². The maximum Gasteiger partial charge on any atom is 0.435 e. The van der Waals surface area contributed by atoms with Gasteiger partial charge in [-0.1, -0.05) is 36.9 Å². The Labute approximate surface area is 207 Å². The number of primary amides is 1. The Balaban J connectivity index is 1.44. The highest BCUT2D eigenvalue weighted by molar-refractivity contribution is 5.96. The molecule has 1 saturated heterocycles. The Morgan fingerprint density at radius 1 is 1.22 bits per heavy atom. The summed E-state index contributed by atoms with van der Waals surface area (Å²) in [6.07, 6.45) is 6.48. The van der Waals surface area contributed by atoms with Crippen LogP contribution in [-0.4, -0.2) is 61.7 Å². The molecule has 3 heterocycles. The topological polar surface area (TPSA) is 157 Å². The quantitative estimate of drug-likeness (QED) is 0.403. The zero-order valence-electron chi connectivity index (χ0n) is 19.5. The third-order valence-electron chi connectivity index (χ3n) is 5.50. The first-order valence-corrected chi connectivity index (χ1v) is 11.3. The average molecular weight is 491 g/mol. The van der Waals surface area contributed by atoms with Crippen LogP contribution in [0.4, 0.5) is 22.1 Å². The van der Waals surface area contributed by atoms with E-state index in [1.165, 1.54) is 24.7 Å². The van der Waals surface area contributed by atoms with E-state index < -0.39 is 12.0 Å². The molecule has 12 heteroatoms. The maximum atomic E-state index is 12.3. The summed E-state index contributed by atoms with van der Waals surface area (Å²) in [5, 5.41) is 10.2. The molecule has 1 aromatic carbocycles. The highest BCUT2D eigenvalue weighted by Crippen LogP contribution is 2.21. The molecule has 0 bridgehead atoms. The average Bonchev–Trinajstić information content (AvgIpc) is 3.36. The smallest absolute Gasteiger partial charge is 0.435 e. The highest BCUT2D eigenvalue weighted by atomic mass is 16.6. The van der Waals surface area contributed by atoms with Crippen molar-refractivity contribution in [2.24, 2.45) is 5.73 Å². The van der Waals surface area contributed by atoms with Crippen LogP contribution in [0.15, 0.2) is 61.6 Å². The molecule has 4 N–H and O–H groups in total. The molecule has 0 radical (unpaired) electrons. The normalized spacial score (nSPS) is 15.1. The summed E-state index contributed by atoms with van der Waals surface area (Å²) < 4.78 is 6.29. The van der Waals surface area contributed by atoms with Crippen molar-refractivity contribution in [2.45, 2.75) is 25.5 Å². The van der Waals surface area contributed by atoms with Crippen molar-refractivity contribution >= 4 is 35.2 Å². The second-order valence-corrected chi connectivity index (χ2v) is 8.13. The van der Waals surface area contributed by atoms with Crippen LogP contribution < -0.4 is 16.4 Å². The third kappa shape index (κ3) is 6.03. The number of nitrogens with zero attached hydrogens (tertiary/aromatic N) is 5. The lowest BCUT2D eigenvalue weighted by Gasteiger charge is -2.32. The zero-order chi connectivity index (χ0) is 25.5. The summed E-state index contributed by atoms with van der Waals surface area (Å²) in [5.74, 6) is -0.403. The minimum Gasteiger partial charge on any atom is -0.443 e. The minimum atomic E-state index is -0.772. The van der Waals surface area contributed by atoms with E-state index in [1.807, 2.05) is 30.3 Å². The van der Waals surface area contributed by atoms with Crippen LogP contribution in [0, 0.1) is 0 Å². The van der Waals surface area contributed by atoms with E-state index >= 15 is 0 Å². The second kappa shape index (κ2) is 11.1. The summed E-state index contributed by atoms with van der Waals surface area (Å²) in [7, 11) is 0. The maximum absolute atomic E-state index is 12.3. The fourth-order valence-corrected chi connectivity index (χ4v) is 3.77. The standard InChI is InChI=1S/C24H26N8O4/c1-2-20(33)31-10-6-9-17(13-31)28-19-12-26-21(22(25)34)23(30-19)29-18-11-27-32(14-18)24(35)36-15-16-7-4-3-5-8-16/h2-5,7-8,11-12,14,17H,1,6,9-10,13,15H2,(H2,25,34)(H2,28,29,30)/t17-/m1/s1. The molecule has 3 aromatic rings. The number of piperidine rings is 1. The number of hydrogen-bond acceptors (Lipinski definition) is 9. The first-order valence-electron chi connectivity index (χ1n) is 11.3. The number of ether oxygens (including phenoxy) is 1. The molecule has 1 aliphatic rings. The van der Waals surface area contributed by atoms with Gasteiger partial charge in [0, 0.05) is 19.1 Å². The van der Waals surface area contributed by atoms with E-state index in [0.717, 1.165) is 23.1 Å². The number of amides is 2. The van der Waals surface area contributed by atoms with Crippen LogP contribution in [0.2, 0.25) is 0 Å². The minimum absolute atomic E-state index is 0.0497. The molecule has 186 valence electrons. The summed E-state index contributed by atoms with van der Waals surface area (Å²) in [6.45, 7) is 4.80. The molecule has 1 fully saturated rings. The SMILES string of the molecule is C=CC(=O)N1CCC[C@@H](Nc2cnc(C(N)=O)c(Nc3cnn(C(=O)OCc4ccccc4)c3)n2)C1. The van der Waals surface area contributed by atoms with Crippen molar-refractivity contribution in [3.8, 4) is 0 Å². The molecule has 12 nitrogen and oxygen atoms in total. The van der Waals surface area contributed by atoms with Crippen molar-refractivity contribution in [3.63, 3.8) is 0 Å². The molecule has 36 heavy (non-hydrogen) atoms. The van der Waals surface area contributed by atoms with Gasteiger partial charge in [0.25, 0.3) is 5.91 Å². The number of hydrogen-bond donors (Lipinski definition) is 3. The van der Waals surface area contributed by atoms with Crippen molar-refractivity contribution in [1.29, 1.82) is 0 Å². The number of anilines is 3. The highest BCUT2D eigenvalue weighted by Gasteiger charge is 2.23. The molecule has 1 aliphatic heterocycles. The van der Waals surface area contributed by atoms with E-state index in [0.29, 0.717) is 24.6 Å². The van der Waals surface area contributed by atoms with Gasteiger partial charge in [-0.3, -0.25) is 9.59 Å². The monoisotopic (exact) mass is 490 g/mol. The van der Waals surface area contributed by atoms with Gasteiger partial charge < -0.3 is 26.0 Å². The van der Waals surface area contributed by atoms with Gasteiger partial charge >= 0.3 is 6.09 Å². The molecule has 0 saturated carbocycles. The van der Waals surface area contributed by atoms with Gasteiger partial charge in [0.05, 0.1) is 24.3 Å². The van der Waals surface area contributed by atoms with Crippen molar-refractivity contribution < 1.29 is 19.1 Å². The number of rotatable bonds is 8. The van der Waals surface area contributed by atoms with Crippen LogP contribution in [0.3, 0.4) is 0 Å². The van der Waals surface area contributed by atoms with Gasteiger partial charge in [-0.2, -0.15) is 9.78 Å². The number of benzene rings is 1. The molecule has 0 aliphatic carbocycles. The summed E-state index contributed by atoms with van der Waals surface area (Å²) >= 11 is 0. The Hall–Kier alpha value is -4.74. The summed E-state index contributed by atoms with van der Waals surface area (Å²) in [6, 6.07) is 9.21. The van der Waals surface area contributed by atoms with Gasteiger partial charge in [0.2, 0.25) is 5.91 Å². The molecule has 0 spiro atoms. The Kier molecular flexibility index (Phi) is 7.54. The number of aromatic nitrogens is 4. The second-order valence-electron chi connectivity index (χ2n) is 8.13. The van der Waals surface area contributed by atoms with Gasteiger partial charge in [0.15, 0.2) is 11.5 Å². The number of nitrogens with two attached hydrogens (primary N) is 1. The molecular formula is C24H26N8O4. The molecule has 2 aromatic heterocycles.